The summed E-state index contributed by atoms with van der Waals surface area (Å²) in [5.74, 6) is -4.62. The van der Waals surface area contributed by atoms with Crippen molar-refractivity contribution in [2.24, 2.45) is 5.92 Å². The summed E-state index contributed by atoms with van der Waals surface area (Å²) in [5, 5.41) is 18.4. The lowest BCUT2D eigenvalue weighted by molar-refractivity contribution is -0.138. The Morgan fingerprint density at radius 3 is 2.04 bits per heavy atom. The number of aromatic hydroxyl groups is 1. The van der Waals surface area contributed by atoms with Gasteiger partial charge in [-0.25, -0.2) is 13.2 Å². The van der Waals surface area contributed by atoms with E-state index in [2.05, 4.69) is 0 Å². The molecule has 2 N–H and O–H groups in total. The van der Waals surface area contributed by atoms with Crippen LogP contribution < -0.4 is 4.74 Å². The van der Waals surface area contributed by atoms with Crippen molar-refractivity contribution >= 4 is 12.0 Å². The lowest BCUT2D eigenvalue weighted by Gasteiger charge is -2.15. The Morgan fingerprint density at radius 1 is 0.822 bits per heavy atom. The summed E-state index contributed by atoms with van der Waals surface area (Å²) in [5.41, 5.74) is 2.09. The molecular weight excluding hydrogens is 598 g/mol. The number of halogens is 6. The minimum Gasteiger partial charge on any atom is -0.503 e. The highest BCUT2D eigenvalue weighted by Crippen LogP contribution is 2.32. The van der Waals surface area contributed by atoms with Crippen LogP contribution in [0.1, 0.15) is 47.9 Å². The molecule has 4 aromatic carbocycles. The van der Waals surface area contributed by atoms with Gasteiger partial charge in [0.15, 0.2) is 17.4 Å². The summed E-state index contributed by atoms with van der Waals surface area (Å²) in [4.78, 5) is 10.9. The Morgan fingerprint density at radius 2 is 1.44 bits per heavy atom. The van der Waals surface area contributed by atoms with Crippen LogP contribution >= 0.6 is 0 Å². The van der Waals surface area contributed by atoms with Crippen LogP contribution in [0.2, 0.25) is 0 Å². The minimum atomic E-state index is -4.41. The Bertz CT molecular complexity index is 1610. The molecule has 0 aliphatic heterocycles. The van der Waals surface area contributed by atoms with Crippen LogP contribution in [0.25, 0.3) is 17.2 Å². The molecule has 0 unspecified atom stereocenters. The number of allylic oxidation sites excluding steroid dienone is 1. The zero-order chi connectivity index (χ0) is 32.6. The molecule has 4 rings (SSSR count). The predicted molar refractivity (Wildman–Crippen MR) is 158 cm³/mol. The minimum absolute atomic E-state index is 0.0217. The molecule has 0 radical (unpaired) electrons. The van der Waals surface area contributed by atoms with E-state index in [4.69, 9.17) is 9.84 Å². The summed E-state index contributed by atoms with van der Waals surface area (Å²) < 4.78 is 86.7. The molecule has 236 valence electrons. The number of rotatable bonds is 13. The SMILES string of the molecule is O=C(O)CCCC[C@@H](/C=C\c1cc(F)ccc1OCc1ccc(-c2ccc(C(F)(F)F)cc2)cc1)Cc1cc(F)c(O)c(F)c1. The number of phenolic OH excluding ortho intramolecular Hbond substituents is 1. The maximum Gasteiger partial charge on any atom is 0.416 e. The van der Waals surface area contributed by atoms with Gasteiger partial charge in [-0.15, -0.1) is 0 Å². The van der Waals surface area contributed by atoms with Gasteiger partial charge >= 0.3 is 12.1 Å². The topological polar surface area (TPSA) is 66.8 Å². The third kappa shape index (κ3) is 9.63. The molecule has 0 amide bonds. The third-order valence-electron chi connectivity index (χ3n) is 7.20. The highest BCUT2D eigenvalue weighted by molar-refractivity contribution is 5.66. The van der Waals surface area contributed by atoms with Crippen LogP contribution in [0.15, 0.2) is 84.9 Å². The van der Waals surface area contributed by atoms with Gasteiger partial charge in [-0.1, -0.05) is 55.0 Å². The molecule has 45 heavy (non-hydrogen) atoms. The highest BCUT2D eigenvalue weighted by Gasteiger charge is 2.30. The van der Waals surface area contributed by atoms with Crippen LogP contribution in [-0.4, -0.2) is 16.2 Å². The molecule has 4 aromatic rings. The maximum absolute atomic E-state index is 14.2. The van der Waals surface area contributed by atoms with E-state index in [9.17, 15) is 36.2 Å². The molecule has 0 aliphatic carbocycles. The molecular formula is C35H30F6O4. The summed E-state index contributed by atoms with van der Waals surface area (Å²) in [7, 11) is 0. The molecule has 0 fully saturated rings. The van der Waals surface area contributed by atoms with Crippen molar-refractivity contribution in [3.8, 4) is 22.6 Å². The van der Waals surface area contributed by atoms with E-state index in [0.29, 0.717) is 41.7 Å². The second-order valence-corrected chi connectivity index (χ2v) is 10.6. The first-order valence-corrected chi connectivity index (χ1v) is 14.1. The highest BCUT2D eigenvalue weighted by atomic mass is 19.4. The normalized spacial score (nSPS) is 12.4. The van der Waals surface area contributed by atoms with Gasteiger partial charge < -0.3 is 14.9 Å². The number of carboxylic acids is 1. The fourth-order valence-corrected chi connectivity index (χ4v) is 4.81. The molecule has 0 spiro atoms. The second-order valence-electron chi connectivity index (χ2n) is 10.6. The van der Waals surface area contributed by atoms with Crippen molar-refractivity contribution in [2.75, 3.05) is 0 Å². The van der Waals surface area contributed by atoms with Crippen molar-refractivity contribution in [1.82, 2.24) is 0 Å². The summed E-state index contributed by atoms with van der Waals surface area (Å²) in [6.07, 6.45) is 0.572. The van der Waals surface area contributed by atoms with Gasteiger partial charge in [-0.3, -0.25) is 4.79 Å². The van der Waals surface area contributed by atoms with Gasteiger partial charge in [0.2, 0.25) is 0 Å². The molecule has 0 saturated heterocycles. The zero-order valence-electron chi connectivity index (χ0n) is 24.0. The third-order valence-corrected chi connectivity index (χ3v) is 7.20. The van der Waals surface area contributed by atoms with Gasteiger partial charge in [0.1, 0.15) is 18.2 Å². The Kier molecular flexibility index (Phi) is 10.9. The summed E-state index contributed by atoms with van der Waals surface area (Å²) >= 11 is 0. The number of phenols is 1. The number of alkyl halides is 3. The van der Waals surface area contributed by atoms with Crippen molar-refractivity contribution in [3.63, 3.8) is 0 Å². The maximum atomic E-state index is 14.2. The van der Waals surface area contributed by atoms with E-state index in [1.165, 1.54) is 30.3 Å². The van der Waals surface area contributed by atoms with E-state index in [0.717, 1.165) is 35.4 Å². The predicted octanol–water partition coefficient (Wildman–Crippen LogP) is 9.59. The van der Waals surface area contributed by atoms with Gasteiger partial charge in [0.05, 0.1) is 5.56 Å². The number of benzene rings is 4. The van der Waals surface area contributed by atoms with Crippen molar-refractivity contribution < 1.29 is 46.1 Å². The number of unbranched alkanes of at least 4 members (excludes halogenated alkanes) is 1. The van der Waals surface area contributed by atoms with E-state index < -0.39 is 40.9 Å². The number of carbonyl (C=O) groups is 1. The Labute approximate surface area is 256 Å². The monoisotopic (exact) mass is 628 g/mol. The average molecular weight is 629 g/mol. The molecule has 0 aliphatic rings. The summed E-state index contributed by atoms with van der Waals surface area (Å²) in [6, 6.07) is 18.0. The molecule has 0 saturated carbocycles. The quantitative estimate of drug-likeness (QED) is 0.114. The van der Waals surface area contributed by atoms with Crippen molar-refractivity contribution in [3.05, 3.63) is 125 Å². The van der Waals surface area contributed by atoms with Crippen LogP contribution in [0.5, 0.6) is 11.5 Å². The van der Waals surface area contributed by atoms with Gasteiger partial charge in [-0.05, 0) is 89.9 Å². The van der Waals surface area contributed by atoms with E-state index in [-0.39, 0.29) is 25.4 Å². The Hall–Kier alpha value is -4.73. The molecule has 0 heterocycles. The van der Waals surface area contributed by atoms with Crippen LogP contribution in [-0.2, 0) is 24.0 Å². The number of ether oxygens (including phenoxy) is 1. The summed E-state index contributed by atoms with van der Waals surface area (Å²) in [6.45, 7) is 0.116. The van der Waals surface area contributed by atoms with Crippen LogP contribution in [0.4, 0.5) is 26.3 Å². The van der Waals surface area contributed by atoms with Gasteiger partial charge in [-0.2, -0.15) is 13.2 Å². The lowest BCUT2D eigenvalue weighted by atomic mass is 9.92. The number of carboxylic acid groups (broad SMARTS) is 1. The van der Waals surface area contributed by atoms with E-state index in [1.54, 1.807) is 36.4 Å². The molecule has 10 heteroatoms. The molecule has 0 bridgehead atoms. The van der Waals surface area contributed by atoms with E-state index in [1.807, 2.05) is 0 Å². The van der Waals surface area contributed by atoms with Gasteiger partial charge in [0, 0.05) is 12.0 Å². The fraction of sp³-hybridized carbons (Fsp3) is 0.229. The standard InChI is InChI=1S/C35H30F6O4/c36-29-15-16-32(45-21-23-6-8-25(9-7-23)26-11-13-28(14-12-26)35(39,40)41)27(20-29)10-5-22(3-1-2-4-33(42)43)17-24-18-30(37)34(44)31(38)19-24/h5-16,18-20,22,44H,1-4,17,21H2,(H,42,43)/b10-5-/t22-/m0/s1. The van der Waals surface area contributed by atoms with E-state index >= 15 is 0 Å². The van der Waals surface area contributed by atoms with Crippen LogP contribution in [0, 0.1) is 23.4 Å². The second kappa shape index (κ2) is 14.8. The lowest BCUT2D eigenvalue weighted by Crippen LogP contribution is -2.04. The number of hydrogen-bond donors (Lipinski definition) is 2. The first-order valence-electron chi connectivity index (χ1n) is 14.1. The number of hydrogen-bond acceptors (Lipinski definition) is 3. The van der Waals surface area contributed by atoms with Gasteiger partial charge in [0.25, 0.3) is 0 Å². The van der Waals surface area contributed by atoms with Crippen LogP contribution in [0.3, 0.4) is 0 Å². The number of aliphatic carboxylic acids is 1. The fourth-order valence-electron chi connectivity index (χ4n) is 4.81. The molecule has 4 nitrogen and oxygen atoms in total. The average Bonchev–Trinajstić information content (AvgIpc) is 3.00. The molecule has 1 atom stereocenters. The molecule has 0 aromatic heterocycles. The van der Waals surface area contributed by atoms with Crippen molar-refractivity contribution in [2.45, 2.75) is 44.9 Å². The van der Waals surface area contributed by atoms with Crippen molar-refractivity contribution in [1.29, 1.82) is 0 Å². The zero-order valence-corrected chi connectivity index (χ0v) is 24.0. The smallest absolute Gasteiger partial charge is 0.416 e. The largest absolute Gasteiger partial charge is 0.503 e. The first-order chi connectivity index (χ1) is 21.4. The Balaban J connectivity index is 1.47. The first kappa shape index (κ1) is 33.2.